The molecule has 0 bridgehead atoms. The molecule has 0 saturated heterocycles. The highest BCUT2D eigenvalue weighted by atomic mass is 16.1. The van der Waals surface area contributed by atoms with Gasteiger partial charge in [0.2, 0.25) is 0 Å². The zero-order valence-electron chi connectivity index (χ0n) is 12.7. The van der Waals surface area contributed by atoms with Gasteiger partial charge in [0.25, 0.3) is 5.91 Å². The second kappa shape index (κ2) is 6.97. The normalized spacial score (nSPS) is 12.4. The zero-order chi connectivity index (χ0) is 15.2. The highest BCUT2D eigenvalue weighted by Gasteiger charge is 2.15. The van der Waals surface area contributed by atoms with E-state index in [1.807, 2.05) is 31.5 Å². The summed E-state index contributed by atoms with van der Waals surface area (Å²) in [5, 5.41) is 3.01. The van der Waals surface area contributed by atoms with Crippen LogP contribution >= 0.6 is 0 Å². The summed E-state index contributed by atoms with van der Waals surface area (Å²) in [5.74, 6) is 0.724. The first-order valence-electron chi connectivity index (χ1n) is 7.19. The molecule has 0 unspecified atom stereocenters. The minimum atomic E-state index is -0.161. The quantitative estimate of drug-likeness (QED) is 0.882. The molecule has 21 heavy (non-hydrogen) atoms. The first-order valence-corrected chi connectivity index (χ1v) is 7.19. The minimum Gasteiger partial charge on any atom is -0.346 e. The van der Waals surface area contributed by atoms with Gasteiger partial charge in [-0.05, 0) is 12.5 Å². The van der Waals surface area contributed by atoms with Gasteiger partial charge >= 0.3 is 0 Å². The molecule has 0 aliphatic rings. The van der Waals surface area contributed by atoms with Crippen LogP contribution in [0.1, 0.15) is 49.4 Å². The highest BCUT2D eigenvalue weighted by molar-refractivity contribution is 5.92. The molecule has 1 N–H and O–H groups in total. The Kier molecular flexibility index (Phi) is 5.03. The summed E-state index contributed by atoms with van der Waals surface area (Å²) >= 11 is 0. The van der Waals surface area contributed by atoms with E-state index >= 15 is 0 Å². The molecule has 0 aliphatic heterocycles. The Balaban J connectivity index is 2.03. The maximum Gasteiger partial charge on any atom is 0.270 e. The fourth-order valence-corrected chi connectivity index (χ4v) is 1.96. The minimum absolute atomic E-state index is 0.0455. The van der Waals surface area contributed by atoms with Crippen LogP contribution in [0.25, 0.3) is 0 Å². The molecule has 6 nitrogen and oxygen atoms in total. The van der Waals surface area contributed by atoms with Crippen molar-refractivity contribution in [2.24, 2.45) is 0 Å². The maximum absolute atomic E-state index is 12.3. The van der Waals surface area contributed by atoms with Crippen molar-refractivity contribution in [2.75, 3.05) is 0 Å². The molecule has 2 aromatic rings. The van der Waals surface area contributed by atoms with Gasteiger partial charge in [0.15, 0.2) is 0 Å². The lowest BCUT2D eigenvalue weighted by atomic mass is 10.2. The molecular weight excluding hydrogens is 266 g/mol. The number of nitrogens with zero attached hydrogens (tertiary/aromatic N) is 4. The third-order valence-corrected chi connectivity index (χ3v) is 3.24. The number of carbonyl (C=O) groups is 1. The van der Waals surface area contributed by atoms with Crippen molar-refractivity contribution >= 4 is 5.91 Å². The van der Waals surface area contributed by atoms with Crippen LogP contribution in [0.4, 0.5) is 0 Å². The number of rotatable bonds is 6. The van der Waals surface area contributed by atoms with Crippen LogP contribution in [-0.2, 0) is 6.54 Å². The molecule has 1 amide bonds. The van der Waals surface area contributed by atoms with E-state index in [1.54, 1.807) is 24.8 Å². The predicted octanol–water partition coefficient (Wildman–Crippen LogP) is 2.01. The zero-order valence-corrected chi connectivity index (χ0v) is 12.7. The molecule has 1 atom stereocenters. The van der Waals surface area contributed by atoms with Crippen LogP contribution in [0.3, 0.4) is 0 Å². The van der Waals surface area contributed by atoms with Gasteiger partial charge in [0.05, 0.1) is 6.33 Å². The summed E-state index contributed by atoms with van der Waals surface area (Å²) in [6, 6.07) is 1.69. The molecule has 0 saturated carbocycles. The summed E-state index contributed by atoms with van der Waals surface area (Å²) < 4.78 is 1.95. The Morgan fingerprint density at radius 2 is 2.19 bits per heavy atom. The standard InChI is InChI=1S/C15H21N5O/c1-4-12(9-20-8-7-16-10-20)18-15(21)13-5-6-17-14(19-13)11(2)3/h5-8,10-12H,4,9H2,1-3H3,(H,18,21)/t12-/m0/s1. The molecule has 6 heteroatoms. The van der Waals surface area contributed by atoms with E-state index in [2.05, 4.69) is 20.3 Å². The summed E-state index contributed by atoms with van der Waals surface area (Å²) in [4.78, 5) is 24.8. The van der Waals surface area contributed by atoms with Gasteiger partial charge in [-0.1, -0.05) is 20.8 Å². The smallest absolute Gasteiger partial charge is 0.270 e. The van der Waals surface area contributed by atoms with Crippen molar-refractivity contribution in [3.8, 4) is 0 Å². The van der Waals surface area contributed by atoms with Crippen LogP contribution in [-0.4, -0.2) is 31.5 Å². The molecule has 0 spiro atoms. The Labute approximate surface area is 124 Å². The van der Waals surface area contributed by atoms with E-state index in [0.29, 0.717) is 18.1 Å². The fourth-order valence-electron chi connectivity index (χ4n) is 1.96. The molecule has 0 aliphatic carbocycles. The van der Waals surface area contributed by atoms with Crippen LogP contribution in [0.2, 0.25) is 0 Å². The Hall–Kier alpha value is -2.24. The molecule has 0 radical (unpaired) electrons. The van der Waals surface area contributed by atoms with Gasteiger partial charge in [-0.25, -0.2) is 15.0 Å². The third kappa shape index (κ3) is 4.11. The number of amides is 1. The SMILES string of the molecule is CC[C@@H](Cn1ccnc1)NC(=O)c1ccnc(C(C)C)n1. The van der Waals surface area contributed by atoms with Crippen molar-refractivity contribution < 1.29 is 4.79 Å². The van der Waals surface area contributed by atoms with Crippen molar-refractivity contribution in [3.63, 3.8) is 0 Å². The van der Waals surface area contributed by atoms with Crippen molar-refractivity contribution in [1.29, 1.82) is 0 Å². The molecule has 2 rings (SSSR count). The summed E-state index contributed by atoms with van der Waals surface area (Å²) in [6.07, 6.45) is 7.83. The van der Waals surface area contributed by atoms with E-state index in [1.165, 1.54) is 0 Å². The van der Waals surface area contributed by atoms with Crippen molar-refractivity contribution in [2.45, 2.75) is 45.7 Å². The molecule has 2 aromatic heterocycles. The largest absolute Gasteiger partial charge is 0.346 e. The highest BCUT2D eigenvalue weighted by Crippen LogP contribution is 2.08. The van der Waals surface area contributed by atoms with E-state index in [0.717, 1.165) is 6.42 Å². The first-order chi connectivity index (χ1) is 10.1. The van der Waals surface area contributed by atoms with Gasteiger partial charge in [0, 0.05) is 37.1 Å². The Bertz CT molecular complexity index is 580. The number of imidazole rings is 1. The lowest BCUT2D eigenvalue weighted by molar-refractivity contribution is 0.0926. The number of aromatic nitrogens is 4. The Morgan fingerprint density at radius 1 is 1.38 bits per heavy atom. The van der Waals surface area contributed by atoms with Gasteiger partial charge in [-0.15, -0.1) is 0 Å². The number of carbonyl (C=O) groups excluding carboxylic acids is 1. The van der Waals surface area contributed by atoms with Crippen molar-refractivity contribution in [3.05, 3.63) is 42.5 Å². The maximum atomic E-state index is 12.3. The monoisotopic (exact) mass is 287 g/mol. The van der Waals surface area contributed by atoms with Crippen LogP contribution in [0.15, 0.2) is 31.0 Å². The van der Waals surface area contributed by atoms with Gasteiger partial charge < -0.3 is 9.88 Å². The molecule has 0 fully saturated rings. The second-order valence-electron chi connectivity index (χ2n) is 5.29. The summed E-state index contributed by atoms with van der Waals surface area (Å²) in [6.45, 7) is 6.75. The summed E-state index contributed by atoms with van der Waals surface area (Å²) in [7, 11) is 0. The predicted molar refractivity (Wildman–Crippen MR) is 79.9 cm³/mol. The van der Waals surface area contributed by atoms with Crippen LogP contribution in [0, 0.1) is 0 Å². The van der Waals surface area contributed by atoms with E-state index in [9.17, 15) is 4.79 Å². The summed E-state index contributed by atoms with van der Waals surface area (Å²) in [5.41, 5.74) is 0.415. The number of nitrogens with one attached hydrogen (secondary N) is 1. The van der Waals surface area contributed by atoms with E-state index in [-0.39, 0.29) is 17.9 Å². The van der Waals surface area contributed by atoms with Gasteiger partial charge in [-0.3, -0.25) is 4.79 Å². The van der Waals surface area contributed by atoms with Crippen LogP contribution < -0.4 is 5.32 Å². The molecular formula is C15H21N5O. The molecule has 2 heterocycles. The number of hydrogen-bond acceptors (Lipinski definition) is 4. The van der Waals surface area contributed by atoms with E-state index < -0.39 is 0 Å². The lowest BCUT2D eigenvalue weighted by Gasteiger charge is -2.17. The topological polar surface area (TPSA) is 72.7 Å². The van der Waals surface area contributed by atoms with Crippen LogP contribution in [0.5, 0.6) is 0 Å². The van der Waals surface area contributed by atoms with Gasteiger partial charge in [-0.2, -0.15) is 0 Å². The van der Waals surface area contributed by atoms with E-state index in [4.69, 9.17) is 0 Å². The molecule has 0 aromatic carbocycles. The molecule has 112 valence electrons. The van der Waals surface area contributed by atoms with Gasteiger partial charge in [0.1, 0.15) is 11.5 Å². The number of hydrogen-bond donors (Lipinski definition) is 1. The first kappa shape index (κ1) is 15.2. The fraction of sp³-hybridized carbons (Fsp3) is 0.467. The average Bonchev–Trinajstić information content (AvgIpc) is 2.99. The lowest BCUT2D eigenvalue weighted by Crippen LogP contribution is -2.37. The average molecular weight is 287 g/mol. The Morgan fingerprint density at radius 3 is 2.81 bits per heavy atom. The third-order valence-electron chi connectivity index (χ3n) is 3.24. The second-order valence-corrected chi connectivity index (χ2v) is 5.29. The van der Waals surface area contributed by atoms with Crippen molar-refractivity contribution in [1.82, 2.24) is 24.8 Å².